The minimum atomic E-state index is -0.243. The lowest BCUT2D eigenvalue weighted by Gasteiger charge is -2.24. The number of hydrogen-bond acceptors (Lipinski definition) is 3. The van der Waals surface area contributed by atoms with Crippen molar-refractivity contribution in [2.24, 2.45) is 5.92 Å². The van der Waals surface area contributed by atoms with Gasteiger partial charge in [0.15, 0.2) is 0 Å². The van der Waals surface area contributed by atoms with Gasteiger partial charge in [-0.1, -0.05) is 15.9 Å². The number of ketones is 1. The predicted octanol–water partition coefficient (Wildman–Crippen LogP) is 1.68. The molecule has 1 fully saturated rings. The van der Waals surface area contributed by atoms with Gasteiger partial charge < -0.3 is 4.74 Å². The molecule has 0 aliphatic heterocycles. The van der Waals surface area contributed by atoms with E-state index in [1.54, 1.807) is 0 Å². The summed E-state index contributed by atoms with van der Waals surface area (Å²) in [6.07, 6.45) is 0.725. The van der Waals surface area contributed by atoms with E-state index in [2.05, 4.69) is 15.9 Å². The van der Waals surface area contributed by atoms with Gasteiger partial charge in [0.25, 0.3) is 0 Å². The summed E-state index contributed by atoms with van der Waals surface area (Å²) in [5.74, 6) is -0.269. The summed E-state index contributed by atoms with van der Waals surface area (Å²) in [6, 6.07) is 0. The molecule has 0 bridgehead atoms. The Morgan fingerprint density at radius 1 is 1.62 bits per heavy atom. The van der Waals surface area contributed by atoms with Gasteiger partial charge in [-0.15, -0.1) is 0 Å². The highest BCUT2D eigenvalue weighted by atomic mass is 79.9. The Hall–Kier alpha value is -0.380. The van der Waals surface area contributed by atoms with Crippen molar-refractivity contribution in [2.45, 2.75) is 31.0 Å². The van der Waals surface area contributed by atoms with E-state index in [1.165, 1.54) is 0 Å². The molecule has 0 heterocycles. The summed E-state index contributed by atoms with van der Waals surface area (Å²) < 4.78 is 4.84. The molecule has 0 aromatic carbocycles. The van der Waals surface area contributed by atoms with Gasteiger partial charge >= 0.3 is 5.97 Å². The Bertz CT molecular complexity index is 222. The van der Waals surface area contributed by atoms with Gasteiger partial charge in [0, 0.05) is 12.8 Å². The largest absolute Gasteiger partial charge is 0.464 e. The Kier molecular flexibility index (Phi) is 3.11. The maximum atomic E-state index is 11.2. The summed E-state index contributed by atoms with van der Waals surface area (Å²) >= 11 is 3.36. The molecule has 0 aromatic heterocycles. The summed E-state index contributed by atoms with van der Waals surface area (Å²) in [5, 5.41) is 0. The number of carbonyl (C=O) groups is 2. The van der Waals surface area contributed by atoms with E-state index in [9.17, 15) is 9.59 Å². The number of halogens is 1. The predicted molar refractivity (Wildman–Crippen MR) is 51.7 cm³/mol. The quantitative estimate of drug-likeness (QED) is 0.564. The summed E-state index contributed by atoms with van der Waals surface area (Å²) in [4.78, 5) is 21.8. The number of ether oxygens (including phenoxy) is 1. The smallest absolute Gasteiger partial charge is 0.309 e. The molecule has 1 aliphatic carbocycles. The number of hydrogen-bond donors (Lipinski definition) is 0. The first-order valence-electron chi connectivity index (χ1n) is 4.26. The highest BCUT2D eigenvalue weighted by Gasteiger charge is 2.34. The van der Waals surface area contributed by atoms with Crippen LogP contribution in [0, 0.1) is 5.92 Å². The number of rotatable bonds is 3. The van der Waals surface area contributed by atoms with Crippen LogP contribution in [-0.2, 0) is 14.3 Å². The van der Waals surface area contributed by atoms with Crippen molar-refractivity contribution in [1.82, 2.24) is 0 Å². The van der Waals surface area contributed by atoms with E-state index in [1.807, 2.05) is 13.8 Å². The van der Waals surface area contributed by atoms with E-state index >= 15 is 0 Å². The van der Waals surface area contributed by atoms with E-state index in [4.69, 9.17) is 4.74 Å². The molecule has 0 radical (unpaired) electrons. The molecular formula is C9H13BrO3. The molecule has 1 saturated carbocycles. The van der Waals surface area contributed by atoms with Crippen LogP contribution < -0.4 is 0 Å². The molecule has 0 aromatic rings. The monoisotopic (exact) mass is 248 g/mol. The van der Waals surface area contributed by atoms with Crippen molar-refractivity contribution >= 4 is 27.7 Å². The molecule has 0 spiro atoms. The van der Waals surface area contributed by atoms with Gasteiger partial charge in [-0.05, 0) is 13.8 Å². The van der Waals surface area contributed by atoms with Gasteiger partial charge in [-0.2, -0.15) is 0 Å². The van der Waals surface area contributed by atoms with Crippen LogP contribution in [0.1, 0.15) is 26.7 Å². The Morgan fingerprint density at radius 3 is 2.54 bits per heavy atom. The Balaban J connectivity index is 2.23. The van der Waals surface area contributed by atoms with E-state index in [0.29, 0.717) is 19.4 Å². The molecule has 0 N–H and O–H groups in total. The average Bonchev–Trinajstić information content (AvgIpc) is 1.93. The SMILES string of the molecule is CC(C)(Br)COC(=O)C1CC(=O)C1. The zero-order valence-electron chi connectivity index (χ0n) is 7.80. The molecule has 3 nitrogen and oxygen atoms in total. The second kappa shape index (κ2) is 3.78. The van der Waals surface area contributed by atoms with Crippen molar-refractivity contribution < 1.29 is 14.3 Å². The summed E-state index contributed by atoms with van der Waals surface area (Å²) in [5.41, 5.74) is 0. The number of alkyl halides is 1. The van der Waals surface area contributed by atoms with Crippen LogP contribution in [0.15, 0.2) is 0 Å². The second-order valence-corrected chi connectivity index (χ2v) is 6.12. The summed E-state index contributed by atoms with van der Waals surface area (Å²) in [6.45, 7) is 4.19. The molecular weight excluding hydrogens is 236 g/mol. The van der Waals surface area contributed by atoms with Gasteiger partial charge in [0.1, 0.15) is 12.4 Å². The molecule has 0 amide bonds. The zero-order valence-corrected chi connectivity index (χ0v) is 9.39. The first kappa shape index (κ1) is 10.7. The molecule has 74 valence electrons. The normalized spacial score (nSPS) is 18.2. The topological polar surface area (TPSA) is 43.4 Å². The number of Topliss-reactive ketones (excluding diaryl/α,β-unsaturated/α-hetero) is 1. The Labute approximate surface area is 86.0 Å². The average molecular weight is 249 g/mol. The fourth-order valence-corrected chi connectivity index (χ4v) is 1.13. The third-order valence-electron chi connectivity index (χ3n) is 1.84. The molecule has 1 rings (SSSR count). The van der Waals surface area contributed by atoms with Crippen molar-refractivity contribution in [3.8, 4) is 0 Å². The van der Waals surface area contributed by atoms with Gasteiger partial charge in [-0.3, -0.25) is 9.59 Å². The lowest BCUT2D eigenvalue weighted by atomic mass is 9.84. The maximum Gasteiger partial charge on any atom is 0.309 e. The van der Waals surface area contributed by atoms with Crippen molar-refractivity contribution in [3.63, 3.8) is 0 Å². The van der Waals surface area contributed by atoms with Crippen molar-refractivity contribution in [3.05, 3.63) is 0 Å². The number of carbonyl (C=O) groups excluding carboxylic acids is 2. The first-order chi connectivity index (χ1) is 5.88. The molecule has 0 saturated heterocycles. The third kappa shape index (κ3) is 3.46. The molecule has 4 heteroatoms. The van der Waals surface area contributed by atoms with Crippen LogP contribution in [0.2, 0.25) is 0 Å². The van der Waals surface area contributed by atoms with Crippen molar-refractivity contribution in [1.29, 1.82) is 0 Å². The zero-order chi connectivity index (χ0) is 10.1. The molecule has 1 aliphatic rings. The first-order valence-corrected chi connectivity index (χ1v) is 5.05. The standard InChI is InChI=1S/C9H13BrO3/c1-9(2,10)5-13-8(12)6-3-7(11)4-6/h6H,3-5H2,1-2H3. The van der Waals surface area contributed by atoms with Gasteiger partial charge in [-0.25, -0.2) is 0 Å². The molecule has 0 unspecified atom stereocenters. The van der Waals surface area contributed by atoms with Crippen LogP contribution in [0.5, 0.6) is 0 Å². The highest BCUT2D eigenvalue weighted by molar-refractivity contribution is 9.10. The minimum Gasteiger partial charge on any atom is -0.464 e. The third-order valence-corrected chi connectivity index (χ3v) is 2.07. The van der Waals surface area contributed by atoms with Gasteiger partial charge in [0.2, 0.25) is 0 Å². The fourth-order valence-electron chi connectivity index (χ4n) is 1.02. The summed E-state index contributed by atoms with van der Waals surface area (Å²) in [7, 11) is 0. The van der Waals surface area contributed by atoms with E-state index < -0.39 is 0 Å². The maximum absolute atomic E-state index is 11.2. The van der Waals surface area contributed by atoms with Crippen LogP contribution in [0.3, 0.4) is 0 Å². The van der Waals surface area contributed by atoms with Gasteiger partial charge in [0.05, 0.1) is 10.2 Å². The fraction of sp³-hybridized carbons (Fsp3) is 0.778. The second-order valence-electron chi connectivity index (χ2n) is 3.97. The highest BCUT2D eigenvalue weighted by Crippen LogP contribution is 2.25. The van der Waals surface area contributed by atoms with Crippen LogP contribution in [-0.4, -0.2) is 22.7 Å². The minimum absolute atomic E-state index is 0.153. The van der Waals surface area contributed by atoms with E-state index in [-0.39, 0.29) is 22.0 Å². The lowest BCUT2D eigenvalue weighted by molar-refractivity contribution is -0.156. The van der Waals surface area contributed by atoms with Crippen LogP contribution >= 0.6 is 15.9 Å². The molecule has 13 heavy (non-hydrogen) atoms. The lowest BCUT2D eigenvalue weighted by Crippen LogP contribution is -2.34. The number of esters is 1. The Morgan fingerprint density at radius 2 is 2.15 bits per heavy atom. The van der Waals surface area contributed by atoms with Crippen LogP contribution in [0.25, 0.3) is 0 Å². The van der Waals surface area contributed by atoms with E-state index in [0.717, 1.165) is 0 Å². The van der Waals surface area contributed by atoms with Crippen LogP contribution in [0.4, 0.5) is 0 Å². The molecule has 0 atom stereocenters. The van der Waals surface area contributed by atoms with Crippen molar-refractivity contribution in [2.75, 3.05) is 6.61 Å².